The maximum atomic E-state index is 5.11. The Kier molecular flexibility index (Phi) is 7.12. The van der Waals surface area contributed by atoms with E-state index in [1.807, 2.05) is 0 Å². The van der Waals surface area contributed by atoms with Gasteiger partial charge < -0.3 is 5.84 Å². The summed E-state index contributed by atoms with van der Waals surface area (Å²) >= 11 is 0. The van der Waals surface area contributed by atoms with Gasteiger partial charge in [0.25, 0.3) is 0 Å². The third kappa shape index (κ3) is 6.10. The Labute approximate surface area is 105 Å². The van der Waals surface area contributed by atoms with Crippen LogP contribution in [0.5, 0.6) is 0 Å². The number of nitrogens with zero attached hydrogens (tertiary/aromatic N) is 1. The van der Waals surface area contributed by atoms with Gasteiger partial charge in [-0.2, -0.15) is 5.10 Å². The van der Waals surface area contributed by atoms with Gasteiger partial charge in [0.2, 0.25) is 0 Å². The highest BCUT2D eigenvalue weighted by molar-refractivity contribution is 5.79. The van der Waals surface area contributed by atoms with Crippen molar-refractivity contribution in [2.75, 3.05) is 0 Å². The van der Waals surface area contributed by atoms with Gasteiger partial charge in [0.15, 0.2) is 0 Å². The molecule has 1 aromatic carbocycles. The first-order chi connectivity index (χ1) is 8.36. The van der Waals surface area contributed by atoms with Crippen LogP contribution in [0, 0.1) is 0 Å². The summed E-state index contributed by atoms with van der Waals surface area (Å²) in [5.41, 5.74) is 2.48. The van der Waals surface area contributed by atoms with Crippen molar-refractivity contribution in [1.82, 2.24) is 0 Å². The van der Waals surface area contributed by atoms with Gasteiger partial charge in [-0.3, -0.25) is 0 Å². The molecular formula is C15H24N2. The number of hydrogen-bond donors (Lipinski definition) is 1. The minimum Gasteiger partial charge on any atom is -0.323 e. The molecule has 0 fully saturated rings. The van der Waals surface area contributed by atoms with E-state index in [1.54, 1.807) is 6.21 Å². The summed E-state index contributed by atoms with van der Waals surface area (Å²) in [7, 11) is 0. The average molecular weight is 232 g/mol. The van der Waals surface area contributed by atoms with E-state index >= 15 is 0 Å². The van der Waals surface area contributed by atoms with E-state index < -0.39 is 0 Å². The SMILES string of the molecule is CCCCCCCCc1ccc(C=NN)cc1. The molecule has 2 heteroatoms. The number of unbranched alkanes of at least 4 members (excludes halogenated alkanes) is 5. The second-order valence-corrected chi connectivity index (χ2v) is 4.54. The first-order valence-electron chi connectivity index (χ1n) is 6.69. The highest BCUT2D eigenvalue weighted by Crippen LogP contribution is 2.10. The number of nitrogens with two attached hydrogens (primary N) is 1. The number of benzene rings is 1. The van der Waals surface area contributed by atoms with Gasteiger partial charge in [-0.25, -0.2) is 0 Å². The Morgan fingerprint density at radius 1 is 1.00 bits per heavy atom. The number of aryl methyl sites for hydroxylation is 1. The summed E-state index contributed by atoms with van der Waals surface area (Å²) in [6.45, 7) is 2.26. The predicted octanol–water partition coefficient (Wildman–Crippen LogP) is 3.88. The first kappa shape index (κ1) is 13.8. The van der Waals surface area contributed by atoms with Crippen molar-refractivity contribution in [2.24, 2.45) is 10.9 Å². The van der Waals surface area contributed by atoms with Gasteiger partial charge in [-0.15, -0.1) is 0 Å². The summed E-state index contributed by atoms with van der Waals surface area (Å²) in [5.74, 6) is 5.11. The lowest BCUT2D eigenvalue weighted by atomic mass is 10.0. The molecule has 0 aliphatic heterocycles. The van der Waals surface area contributed by atoms with Crippen LogP contribution in [0.4, 0.5) is 0 Å². The van der Waals surface area contributed by atoms with E-state index in [-0.39, 0.29) is 0 Å². The van der Waals surface area contributed by atoms with Crippen molar-refractivity contribution >= 4 is 6.21 Å². The maximum Gasteiger partial charge on any atom is 0.0538 e. The molecule has 0 unspecified atom stereocenters. The minimum absolute atomic E-state index is 1.07. The molecule has 94 valence electrons. The lowest BCUT2D eigenvalue weighted by Gasteiger charge is -2.02. The zero-order chi connectivity index (χ0) is 12.3. The van der Waals surface area contributed by atoms with Gasteiger partial charge in [0.1, 0.15) is 0 Å². The summed E-state index contributed by atoms with van der Waals surface area (Å²) in [4.78, 5) is 0. The third-order valence-electron chi connectivity index (χ3n) is 3.02. The normalized spacial score (nSPS) is 11.1. The Hall–Kier alpha value is -1.31. The summed E-state index contributed by atoms with van der Waals surface area (Å²) in [5, 5.41) is 3.51. The van der Waals surface area contributed by atoms with Crippen molar-refractivity contribution < 1.29 is 0 Å². The second kappa shape index (κ2) is 8.80. The molecule has 0 atom stereocenters. The molecule has 1 aromatic rings. The van der Waals surface area contributed by atoms with E-state index in [2.05, 4.69) is 36.3 Å². The maximum absolute atomic E-state index is 5.11. The van der Waals surface area contributed by atoms with Crippen molar-refractivity contribution in [2.45, 2.75) is 51.9 Å². The Morgan fingerprint density at radius 3 is 2.29 bits per heavy atom. The standard InChI is InChI=1S/C15H24N2/c1-2-3-4-5-6-7-8-14-9-11-15(12-10-14)13-17-16/h9-13H,2-8,16H2,1H3. The van der Waals surface area contributed by atoms with Gasteiger partial charge >= 0.3 is 0 Å². The largest absolute Gasteiger partial charge is 0.323 e. The quantitative estimate of drug-likeness (QED) is 0.314. The van der Waals surface area contributed by atoms with Gasteiger partial charge in [0, 0.05) is 0 Å². The molecule has 0 radical (unpaired) electrons. The molecule has 2 N–H and O–H groups in total. The Bertz CT molecular complexity index is 314. The van der Waals surface area contributed by atoms with Crippen LogP contribution in [0.3, 0.4) is 0 Å². The van der Waals surface area contributed by atoms with Gasteiger partial charge in [-0.05, 0) is 24.0 Å². The molecule has 0 aromatic heterocycles. The molecular weight excluding hydrogens is 208 g/mol. The predicted molar refractivity (Wildman–Crippen MR) is 75.3 cm³/mol. The number of hydrogen-bond acceptors (Lipinski definition) is 2. The monoisotopic (exact) mass is 232 g/mol. The van der Waals surface area contributed by atoms with Crippen LogP contribution in [0.1, 0.15) is 56.6 Å². The van der Waals surface area contributed by atoms with E-state index in [0.717, 1.165) is 5.56 Å². The fourth-order valence-corrected chi connectivity index (χ4v) is 1.97. The van der Waals surface area contributed by atoms with Crippen molar-refractivity contribution in [3.8, 4) is 0 Å². The van der Waals surface area contributed by atoms with E-state index in [4.69, 9.17) is 5.84 Å². The van der Waals surface area contributed by atoms with E-state index in [1.165, 1.54) is 50.5 Å². The molecule has 17 heavy (non-hydrogen) atoms. The van der Waals surface area contributed by atoms with Crippen LogP contribution >= 0.6 is 0 Å². The smallest absolute Gasteiger partial charge is 0.0538 e. The topological polar surface area (TPSA) is 38.4 Å². The molecule has 0 aliphatic rings. The highest BCUT2D eigenvalue weighted by atomic mass is 15.1. The molecule has 0 heterocycles. The van der Waals surface area contributed by atoms with Crippen LogP contribution in [0.25, 0.3) is 0 Å². The minimum atomic E-state index is 1.07. The molecule has 0 spiro atoms. The number of hydrazone groups is 1. The first-order valence-corrected chi connectivity index (χ1v) is 6.69. The van der Waals surface area contributed by atoms with Crippen LogP contribution < -0.4 is 5.84 Å². The Morgan fingerprint density at radius 2 is 1.65 bits per heavy atom. The molecule has 0 saturated carbocycles. The van der Waals surface area contributed by atoms with Crippen molar-refractivity contribution in [1.29, 1.82) is 0 Å². The van der Waals surface area contributed by atoms with Crippen LogP contribution in [0.15, 0.2) is 29.4 Å². The lowest BCUT2D eigenvalue weighted by molar-refractivity contribution is 0.607. The fourth-order valence-electron chi connectivity index (χ4n) is 1.97. The molecule has 1 rings (SSSR count). The van der Waals surface area contributed by atoms with Gasteiger partial charge in [0.05, 0.1) is 6.21 Å². The number of rotatable bonds is 8. The highest BCUT2D eigenvalue weighted by Gasteiger charge is 1.94. The van der Waals surface area contributed by atoms with E-state index in [9.17, 15) is 0 Å². The van der Waals surface area contributed by atoms with Crippen LogP contribution in [0.2, 0.25) is 0 Å². The Balaban J connectivity index is 2.18. The second-order valence-electron chi connectivity index (χ2n) is 4.54. The molecule has 0 amide bonds. The molecule has 0 bridgehead atoms. The third-order valence-corrected chi connectivity index (χ3v) is 3.02. The fraction of sp³-hybridized carbons (Fsp3) is 0.533. The van der Waals surface area contributed by atoms with Gasteiger partial charge in [-0.1, -0.05) is 63.3 Å². The zero-order valence-corrected chi connectivity index (χ0v) is 10.9. The lowest BCUT2D eigenvalue weighted by Crippen LogP contribution is -1.89. The van der Waals surface area contributed by atoms with Crippen molar-refractivity contribution in [3.05, 3.63) is 35.4 Å². The van der Waals surface area contributed by atoms with Crippen LogP contribution in [-0.2, 0) is 6.42 Å². The van der Waals surface area contributed by atoms with Crippen LogP contribution in [-0.4, -0.2) is 6.21 Å². The van der Waals surface area contributed by atoms with E-state index in [0.29, 0.717) is 0 Å². The average Bonchev–Trinajstić information content (AvgIpc) is 2.36. The summed E-state index contributed by atoms with van der Waals surface area (Å²) in [6, 6.07) is 8.48. The molecule has 2 nitrogen and oxygen atoms in total. The molecule has 0 saturated heterocycles. The zero-order valence-electron chi connectivity index (χ0n) is 10.9. The summed E-state index contributed by atoms with van der Waals surface area (Å²) < 4.78 is 0. The summed E-state index contributed by atoms with van der Waals surface area (Å²) in [6.07, 6.45) is 11.0. The molecule has 0 aliphatic carbocycles. The van der Waals surface area contributed by atoms with Crippen molar-refractivity contribution in [3.63, 3.8) is 0 Å².